The standard InChI is InChI=1S/C14H27NO2S/c1-3-4-12-5-7-13(8-6-12)15-14(2)9-10-18(16,17)11-14/h12-13,15H,3-11H2,1-2H3. The molecule has 0 bridgehead atoms. The smallest absolute Gasteiger partial charge is 0.152 e. The van der Waals surface area contributed by atoms with Crippen LogP contribution in [-0.4, -0.2) is 31.5 Å². The summed E-state index contributed by atoms with van der Waals surface area (Å²) in [4.78, 5) is 0. The summed E-state index contributed by atoms with van der Waals surface area (Å²) in [5, 5.41) is 3.63. The Balaban J connectivity index is 1.81. The summed E-state index contributed by atoms with van der Waals surface area (Å²) in [6, 6.07) is 0.538. The van der Waals surface area contributed by atoms with Crippen LogP contribution in [0.4, 0.5) is 0 Å². The van der Waals surface area contributed by atoms with Gasteiger partial charge in [0.15, 0.2) is 9.84 Å². The molecule has 1 N–H and O–H groups in total. The van der Waals surface area contributed by atoms with Crippen LogP contribution in [0.25, 0.3) is 0 Å². The quantitative estimate of drug-likeness (QED) is 0.856. The Hall–Kier alpha value is -0.0900. The number of sulfone groups is 1. The van der Waals surface area contributed by atoms with E-state index in [0.717, 1.165) is 12.3 Å². The van der Waals surface area contributed by atoms with Crippen molar-refractivity contribution in [1.29, 1.82) is 0 Å². The maximum Gasteiger partial charge on any atom is 0.152 e. The van der Waals surface area contributed by atoms with E-state index in [0.29, 0.717) is 17.5 Å². The van der Waals surface area contributed by atoms with Gasteiger partial charge in [0.05, 0.1) is 11.5 Å². The maximum atomic E-state index is 11.6. The van der Waals surface area contributed by atoms with Crippen molar-refractivity contribution >= 4 is 9.84 Å². The van der Waals surface area contributed by atoms with Crippen LogP contribution >= 0.6 is 0 Å². The normalized spacial score (nSPS) is 39.9. The van der Waals surface area contributed by atoms with Crippen LogP contribution in [-0.2, 0) is 9.84 Å². The molecule has 4 heteroatoms. The molecule has 0 aromatic carbocycles. The van der Waals surface area contributed by atoms with Crippen LogP contribution in [0.3, 0.4) is 0 Å². The van der Waals surface area contributed by atoms with Crippen molar-refractivity contribution in [2.45, 2.75) is 70.4 Å². The first-order valence-electron chi connectivity index (χ1n) is 7.40. The predicted octanol–water partition coefficient (Wildman–Crippen LogP) is 2.51. The van der Waals surface area contributed by atoms with Gasteiger partial charge in [-0.1, -0.05) is 19.8 Å². The lowest BCUT2D eigenvalue weighted by Gasteiger charge is -2.35. The molecule has 0 aromatic heterocycles. The Morgan fingerprint density at radius 3 is 2.39 bits per heavy atom. The average Bonchev–Trinajstić information content (AvgIpc) is 2.56. The van der Waals surface area contributed by atoms with Crippen LogP contribution in [0.5, 0.6) is 0 Å². The van der Waals surface area contributed by atoms with Crippen molar-refractivity contribution in [1.82, 2.24) is 5.32 Å². The van der Waals surface area contributed by atoms with E-state index < -0.39 is 9.84 Å². The molecule has 1 aliphatic carbocycles. The Morgan fingerprint density at radius 2 is 1.89 bits per heavy atom. The van der Waals surface area contributed by atoms with Gasteiger partial charge in [-0.15, -0.1) is 0 Å². The molecule has 1 unspecified atom stereocenters. The summed E-state index contributed by atoms with van der Waals surface area (Å²) in [6.45, 7) is 4.34. The molecule has 3 nitrogen and oxygen atoms in total. The SMILES string of the molecule is CCCC1CCC(NC2(C)CCS(=O)(=O)C2)CC1. The first-order valence-corrected chi connectivity index (χ1v) is 9.23. The fourth-order valence-corrected chi connectivity index (χ4v) is 5.73. The van der Waals surface area contributed by atoms with Crippen molar-refractivity contribution in [2.24, 2.45) is 5.92 Å². The molecule has 1 atom stereocenters. The minimum atomic E-state index is -2.79. The highest BCUT2D eigenvalue weighted by Gasteiger charge is 2.39. The first kappa shape index (κ1) is 14.3. The van der Waals surface area contributed by atoms with E-state index in [2.05, 4.69) is 19.2 Å². The van der Waals surface area contributed by atoms with Crippen LogP contribution in [0.15, 0.2) is 0 Å². The second-order valence-electron chi connectivity index (χ2n) is 6.55. The van der Waals surface area contributed by atoms with Crippen molar-refractivity contribution in [3.8, 4) is 0 Å². The molecule has 1 saturated carbocycles. The minimum Gasteiger partial charge on any atom is -0.308 e. The molecule has 106 valence electrons. The van der Waals surface area contributed by atoms with Gasteiger partial charge in [-0.25, -0.2) is 8.42 Å². The second-order valence-corrected chi connectivity index (χ2v) is 8.74. The molecule has 18 heavy (non-hydrogen) atoms. The maximum absolute atomic E-state index is 11.6. The molecule has 1 heterocycles. The third kappa shape index (κ3) is 3.70. The molecule has 2 aliphatic rings. The van der Waals surface area contributed by atoms with Crippen LogP contribution in [0.1, 0.15) is 58.8 Å². The highest BCUT2D eigenvalue weighted by atomic mass is 32.2. The Bertz CT molecular complexity index is 371. The molecule has 0 amide bonds. The van der Waals surface area contributed by atoms with E-state index in [1.54, 1.807) is 0 Å². The van der Waals surface area contributed by atoms with E-state index in [1.807, 2.05) is 0 Å². The molecule has 2 rings (SSSR count). The van der Waals surface area contributed by atoms with Gasteiger partial charge in [-0.3, -0.25) is 0 Å². The van der Waals surface area contributed by atoms with Crippen LogP contribution in [0, 0.1) is 5.92 Å². The zero-order chi connectivity index (χ0) is 13.2. The van der Waals surface area contributed by atoms with Gasteiger partial charge in [0.2, 0.25) is 0 Å². The van der Waals surface area contributed by atoms with Gasteiger partial charge in [-0.05, 0) is 44.9 Å². The van der Waals surface area contributed by atoms with Gasteiger partial charge >= 0.3 is 0 Å². The number of hydrogen-bond acceptors (Lipinski definition) is 3. The summed E-state index contributed by atoms with van der Waals surface area (Å²) in [5.41, 5.74) is -0.166. The third-order valence-electron chi connectivity index (χ3n) is 4.60. The lowest BCUT2D eigenvalue weighted by atomic mass is 9.82. The lowest BCUT2D eigenvalue weighted by Crippen LogP contribution is -2.50. The molecule has 0 spiro atoms. The third-order valence-corrected chi connectivity index (χ3v) is 6.50. The fourth-order valence-electron chi connectivity index (χ4n) is 3.62. The van der Waals surface area contributed by atoms with Gasteiger partial charge in [0, 0.05) is 11.6 Å². The van der Waals surface area contributed by atoms with E-state index in [4.69, 9.17) is 0 Å². The summed E-state index contributed by atoms with van der Waals surface area (Å²) in [7, 11) is -2.79. The molecule has 1 aliphatic heterocycles. The Labute approximate surface area is 112 Å². The van der Waals surface area contributed by atoms with E-state index in [-0.39, 0.29) is 5.54 Å². The van der Waals surface area contributed by atoms with Gasteiger partial charge < -0.3 is 5.32 Å². The minimum absolute atomic E-state index is 0.166. The Morgan fingerprint density at radius 1 is 1.22 bits per heavy atom. The van der Waals surface area contributed by atoms with Crippen molar-refractivity contribution in [3.63, 3.8) is 0 Å². The molecule has 2 fully saturated rings. The summed E-state index contributed by atoms with van der Waals surface area (Å²) in [5.74, 6) is 1.60. The summed E-state index contributed by atoms with van der Waals surface area (Å²) in [6.07, 6.45) is 8.50. The molecular formula is C14H27NO2S. The predicted molar refractivity (Wildman–Crippen MR) is 75.5 cm³/mol. The molecular weight excluding hydrogens is 246 g/mol. The van der Waals surface area contributed by atoms with Crippen LogP contribution < -0.4 is 5.32 Å². The summed E-state index contributed by atoms with van der Waals surface area (Å²) < 4.78 is 23.2. The Kier molecular flexibility index (Phi) is 4.37. The largest absolute Gasteiger partial charge is 0.308 e. The topological polar surface area (TPSA) is 46.2 Å². The van der Waals surface area contributed by atoms with Crippen molar-refractivity contribution < 1.29 is 8.42 Å². The monoisotopic (exact) mass is 273 g/mol. The highest BCUT2D eigenvalue weighted by Crippen LogP contribution is 2.31. The van der Waals surface area contributed by atoms with Crippen LogP contribution in [0.2, 0.25) is 0 Å². The van der Waals surface area contributed by atoms with E-state index in [9.17, 15) is 8.42 Å². The van der Waals surface area contributed by atoms with Gasteiger partial charge in [-0.2, -0.15) is 0 Å². The molecule has 0 aromatic rings. The van der Waals surface area contributed by atoms with E-state index >= 15 is 0 Å². The number of rotatable bonds is 4. The average molecular weight is 273 g/mol. The summed E-state index contributed by atoms with van der Waals surface area (Å²) >= 11 is 0. The highest BCUT2D eigenvalue weighted by molar-refractivity contribution is 7.91. The fraction of sp³-hybridized carbons (Fsp3) is 1.00. The van der Waals surface area contributed by atoms with Crippen molar-refractivity contribution in [3.05, 3.63) is 0 Å². The molecule has 1 saturated heterocycles. The number of nitrogens with one attached hydrogen (secondary N) is 1. The van der Waals surface area contributed by atoms with Gasteiger partial charge in [0.1, 0.15) is 0 Å². The first-order chi connectivity index (χ1) is 8.42. The number of hydrogen-bond donors (Lipinski definition) is 1. The second kappa shape index (κ2) is 5.49. The lowest BCUT2D eigenvalue weighted by molar-refractivity contribution is 0.236. The zero-order valence-electron chi connectivity index (χ0n) is 11.7. The van der Waals surface area contributed by atoms with Gasteiger partial charge in [0.25, 0.3) is 0 Å². The molecule has 0 radical (unpaired) electrons. The van der Waals surface area contributed by atoms with E-state index in [1.165, 1.54) is 38.5 Å². The zero-order valence-corrected chi connectivity index (χ0v) is 12.6. The van der Waals surface area contributed by atoms with Crippen molar-refractivity contribution in [2.75, 3.05) is 11.5 Å².